The number of halogens is 4. The van der Waals surface area contributed by atoms with E-state index in [0.717, 1.165) is 22.5 Å². The molecule has 2 aromatic carbocycles. The standard InChI is InChI=1S/C16H15F3N2O2S.ClH/c17-12-4-1-3-11(9-12)14-10-20-7-8-21(14)24(22,23)15-6-2-5-13(18)16(15)19;/h1-6,9,14,20H,7-8,10H2;1H. The maximum absolute atomic E-state index is 14.0. The van der Waals surface area contributed by atoms with Crippen molar-refractivity contribution in [2.45, 2.75) is 10.9 Å². The van der Waals surface area contributed by atoms with Crippen LogP contribution in [0.15, 0.2) is 47.4 Å². The van der Waals surface area contributed by atoms with Gasteiger partial charge in [-0.3, -0.25) is 0 Å². The van der Waals surface area contributed by atoms with E-state index in [2.05, 4.69) is 5.32 Å². The molecule has 136 valence electrons. The summed E-state index contributed by atoms with van der Waals surface area (Å²) in [6.07, 6.45) is 0. The Labute approximate surface area is 150 Å². The van der Waals surface area contributed by atoms with Gasteiger partial charge in [-0.1, -0.05) is 18.2 Å². The first kappa shape index (κ1) is 19.7. The van der Waals surface area contributed by atoms with E-state index in [1.807, 2.05) is 0 Å². The van der Waals surface area contributed by atoms with Crippen molar-refractivity contribution in [3.8, 4) is 0 Å². The molecular weight excluding hydrogens is 377 g/mol. The van der Waals surface area contributed by atoms with Crippen molar-refractivity contribution in [2.24, 2.45) is 0 Å². The van der Waals surface area contributed by atoms with Crippen LogP contribution in [0.25, 0.3) is 0 Å². The van der Waals surface area contributed by atoms with Crippen molar-refractivity contribution < 1.29 is 21.6 Å². The van der Waals surface area contributed by atoms with Crippen molar-refractivity contribution in [2.75, 3.05) is 19.6 Å². The van der Waals surface area contributed by atoms with Gasteiger partial charge < -0.3 is 5.32 Å². The highest BCUT2D eigenvalue weighted by Gasteiger charge is 2.36. The monoisotopic (exact) mass is 392 g/mol. The summed E-state index contributed by atoms with van der Waals surface area (Å²) < 4.78 is 67.6. The second-order valence-electron chi connectivity index (χ2n) is 5.44. The summed E-state index contributed by atoms with van der Waals surface area (Å²) in [7, 11) is -4.27. The second-order valence-corrected chi connectivity index (χ2v) is 7.30. The Morgan fingerprint density at radius 1 is 1.08 bits per heavy atom. The molecule has 2 aromatic rings. The zero-order valence-electron chi connectivity index (χ0n) is 13.0. The summed E-state index contributed by atoms with van der Waals surface area (Å²) in [6, 6.07) is 7.90. The van der Waals surface area contributed by atoms with Crippen LogP contribution in [0.2, 0.25) is 0 Å². The predicted molar refractivity (Wildman–Crippen MR) is 89.5 cm³/mol. The SMILES string of the molecule is Cl.O=S(=O)(c1cccc(F)c1F)N1CCNCC1c1cccc(F)c1. The first-order valence-corrected chi connectivity index (χ1v) is 8.77. The average molecular weight is 393 g/mol. The maximum atomic E-state index is 14.0. The first-order valence-electron chi connectivity index (χ1n) is 7.33. The van der Waals surface area contributed by atoms with Crippen molar-refractivity contribution in [1.82, 2.24) is 9.62 Å². The molecule has 0 aromatic heterocycles. The van der Waals surface area contributed by atoms with Crippen molar-refractivity contribution in [3.63, 3.8) is 0 Å². The highest BCUT2D eigenvalue weighted by molar-refractivity contribution is 7.89. The number of benzene rings is 2. The van der Waals surface area contributed by atoms with Crippen LogP contribution in [0.1, 0.15) is 11.6 Å². The van der Waals surface area contributed by atoms with Gasteiger partial charge in [-0.25, -0.2) is 21.6 Å². The van der Waals surface area contributed by atoms with Gasteiger partial charge in [-0.05, 0) is 29.8 Å². The molecule has 0 aliphatic carbocycles. The van der Waals surface area contributed by atoms with Gasteiger partial charge in [0.05, 0.1) is 6.04 Å². The van der Waals surface area contributed by atoms with E-state index >= 15 is 0 Å². The zero-order valence-corrected chi connectivity index (χ0v) is 14.6. The van der Waals surface area contributed by atoms with E-state index in [1.165, 1.54) is 18.2 Å². The highest BCUT2D eigenvalue weighted by Crippen LogP contribution is 2.30. The number of nitrogens with one attached hydrogen (secondary N) is 1. The van der Waals surface area contributed by atoms with Gasteiger partial charge >= 0.3 is 0 Å². The van der Waals surface area contributed by atoms with Gasteiger partial charge in [0.1, 0.15) is 10.7 Å². The highest BCUT2D eigenvalue weighted by atomic mass is 35.5. The van der Waals surface area contributed by atoms with Crippen LogP contribution >= 0.6 is 12.4 Å². The minimum Gasteiger partial charge on any atom is -0.313 e. The van der Waals surface area contributed by atoms with Crippen molar-refractivity contribution in [3.05, 3.63) is 65.5 Å². The lowest BCUT2D eigenvalue weighted by Crippen LogP contribution is -2.48. The quantitative estimate of drug-likeness (QED) is 0.873. The molecule has 1 saturated heterocycles. The predicted octanol–water partition coefficient (Wildman–Crippen LogP) is 2.86. The lowest BCUT2D eigenvalue weighted by molar-refractivity contribution is 0.269. The molecule has 1 unspecified atom stereocenters. The summed E-state index contributed by atoms with van der Waals surface area (Å²) in [4.78, 5) is -0.717. The normalized spacial score (nSPS) is 18.6. The van der Waals surface area contributed by atoms with E-state index in [0.29, 0.717) is 12.1 Å². The molecule has 0 bridgehead atoms. The third kappa shape index (κ3) is 3.82. The van der Waals surface area contributed by atoms with Crippen LogP contribution in [0.3, 0.4) is 0 Å². The van der Waals surface area contributed by atoms with E-state index in [-0.39, 0.29) is 25.5 Å². The van der Waals surface area contributed by atoms with E-state index in [4.69, 9.17) is 0 Å². The number of rotatable bonds is 3. The molecule has 25 heavy (non-hydrogen) atoms. The number of piperazine rings is 1. The van der Waals surface area contributed by atoms with Crippen LogP contribution in [-0.2, 0) is 10.0 Å². The first-order chi connectivity index (χ1) is 11.4. The lowest BCUT2D eigenvalue weighted by Gasteiger charge is -2.35. The van der Waals surface area contributed by atoms with Gasteiger partial charge in [0, 0.05) is 19.6 Å². The van der Waals surface area contributed by atoms with E-state index in [1.54, 1.807) is 6.07 Å². The Morgan fingerprint density at radius 3 is 2.52 bits per heavy atom. The Morgan fingerprint density at radius 2 is 1.80 bits per heavy atom. The van der Waals surface area contributed by atoms with Gasteiger partial charge in [-0.15, -0.1) is 12.4 Å². The van der Waals surface area contributed by atoms with Gasteiger partial charge in [0.15, 0.2) is 11.6 Å². The Balaban J connectivity index is 0.00000225. The topological polar surface area (TPSA) is 49.4 Å². The summed E-state index contributed by atoms with van der Waals surface area (Å²) >= 11 is 0. The maximum Gasteiger partial charge on any atom is 0.246 e. The number of hydrogen-bond acceptors (Lipinski definition) is 3. The minimum atomic E-state index is -4.27. The minimum absolute atomic E-state index is 0. The fraction of sp³-hybridized carbons (Fsp3) is 0.250. The molecule has 0 saturated carbocycles. The largest absolute Gasteiger partial charge is 0.313 e. The molecule has 0 amide bonds. The third-order valence-corrected chi connectivity index (χ3v) is 5.86. The molecule has 1 N–H and O–H groups in total. The van der Waals surface area contributed by atoms with E-state index < -0.39 is 38.4 Å². The molecule has 1 atom stereocenters. The molecular formula is C16H16ClF3N2O2S. The molecule has 1 aliphatic heterocycles. The van der Waals surface area contributed by atoms with Crippen LogP contribution < -0.4 is 5.32 Å². The summed E-state index contributed by atoms with van der Waals surface area (Å²) in [5, 5.41) is 3.04. The lowest BCUT2D eigenvalue weighted by atomic mass is 10.1. The zero-order chi connectivity index (χ0) is 17.3. The number of sulfonamides is 1. The summed E-state index contributed by atoms with van der Waals surface area (Å²) in [5.74, 6) is -3.13. The fourth-order valence-corrected chi connectivity index (χ4v) is 4.47. The molecule has 4 nitrogen and oxygen atoms in total. The van der Waals surface area contributed by atoms with Crippen molar-refractivity contribution in [1.29, 1.82) is 0 Å². The Kier molecular flexibility index (Phi) is 6.10. The number of nitrogens with zero attached hydrogens (tertiary/aromatic N) is 1. The molecule has 1 fully saturated rings. The summed E-state index contributed by atoms with van der Waals surface area (Å²) in [6.45, 7) is 0.682. The Hall–Kier alpha value is -1.61. The van der Waals surface area contributed by atoms with Gasteiger partial charge in [-0.2, -0.15) is 4.31 Å². The van der Waals surface area contributed by atoms with Crippen LogP contribution in [0, 0.1) is 17.5 Å². The van der Waals surface area contributed by atoms with Gasteiger partial charge in [0.2, 0.25) is 10.0 Å². The fourth-order valence-electron chi connectivity index (χ4n) is 2.78. The smallest absolute Gasteiger partial charge is 0.246 e. The van der Waals surface area contributed by atoms with Crippen LogP contribution in [0.4, 0.5) is 13.2 Å². The molecule has 0 radical (unpaired) electrons. The van der Waals surface area contributed by atoms with Crippen LogP contribution in [-0.4, -0.2) is 32.4 Å². The van der Waals surface area contributed by atoms with Crippen LogP contribution in [0.5, 0.6) is 0 Å². The van der Waals surface area contributed by atoms with Crippen molar-refractivity contribution >= 4 is 22.4 Å². The summed E-state index contributed by atoms with van der Waals surface area (Å²) in [5.41, 5.74) is 0.447. The average Bonchev–Trinajstić information content (AvgIpc) is 2.57. The third-order valence-electron chi connectivity index (χ3n) is 3.93. The number of hydrogen-bond donors (Lipinski definition) is 1. The molecule has 1 aliphatic rings. The molecule has 1 heterocycles. The molecule has 9 heteroatoms. The molecule has 0 spiro atoms. The van der Waals surface area contributed by atoms with E-state index in [9.17, 15) is 21.6 Å². The molecule has 3 rings (SSSR count). The second kappa shape index (κ2) is 7.74. The Bertz CT molecular complexity index is 864. The van der Waals surface area contributed by atoms with Gasteiger partial charge in [0.25, 0.3) is 0 Å².